The summed E-state index contributed by atoms with van der Waals surface area (Å²) < 4.78 is 19.7. The van der Waals surface area contributed by atoms with Crippen LogP contribution < -0.4 is 0 Å². The summed E-state index contributed by atoms with van der Waals surface area (Å²) in [6.45, 7) is 9.15. The first-order valence-electron chi connectivity index (χ1n) is 8.26. The van der Waals surface area contributed by atoms with E-state index in [1.807, 2.05) is 0 Å². The van der Waals surface area contributed by atoms with E-state index in [-0.39, 0.29) is 23.8 Å². The average molecular weight is 369 g/mol. The molecule has 0 radical (unpaired) electrons. The van der Waals surface area contributed by atoms with E-state index in [4.69, 9.17) is 16.3 Å². The van der Waals surface area contributed by atoms with Gasteiger partial charge in [0.15, 0.2) is 11.0 Å². The summed E-state index contributed by atoms with van der Waals surface area (Å²) in [5, 5.41) is 10.5. The number of amides is 1. The average Bonchev–Trinajstić information content (AvgIpc) is 3.28. The van der Waals surface area contributed by atoms with E-state index >= 15 is 0 Å². The smallest absolute Gasteiger partial charge is 0.410 e. The third kappa shape index (κ3) is 3.65. The molecule has 1 saturated heterocycles. The fraction of sp³-hybridized carbons (Fsp3) is 0.556. The molecule has 2 heterocycles. The third-order valence-electron chi connectivity index (χ3n) is 4.37. The molecule has 25 heavy (non-hydrogen) atoms. The van der Waals surface area contributed by atoms with E-state index in [9.17, 15) is 14.3 Å². The number of hydrogen-bond donors (Lipinski definition) is 1. The molecule has 0 spiro atoms. The Morgan fingerprint density at radius 1 is 1.48 bits per heavy atom. The summed E-state index contributed by atoms with van der Waals surface area (Å²) in [6.07, 6.45) is 1.52. The van der Waals surface area contributed by atoms with Crippen LogP contribution in [0.25, 0.3) is 5.57 Å². The molecule has 3 rings (SSSR count). The van der Waals surface area contributed by atoms with Crippen LogP contribution in [0.1, 0.15) is 44.9 Å². The van der Waals surface area contributed by atoms with Crippen LogP contribution in [-0.2, 0) is 10.3 Å². The van der Waals surface area contributed by atoms with Gasteiger partial charge in [0.1, 0.15) is 11.2 Å². The van der Waals surface area contributed by atoms with Crippen LogP contribution in [0.5, 0.6) is 0 Å². The van der Waals surface area contributed by atoms with Crippen molar-refractivity contribution in [2.24, 2.45) is 5.92 Å². The zero-order chi connectivity index (χ0) is 18.6. The lowest BCUT2D eigenvalue weighted by molar-refractivity contribution is -0.105. The van der Waals surface area contributed by atoms with E-state index in [2.05, 4.69) is 11.6 Å². The van der Waals surface area contributed by atoms with Crippen molar-refractivity contribution in [3.05, 3.63) is 34.9 Å². The van der Waals surface area contributed by atoms with Crippen molar-refractivity contribution in [1.29, 1.82) is 0 Å². The zero-order valence-electron chi connectivity index (χ0n) is 14.6. The molecule has 0 aromatic carbocycles. The Hall–Kier alpha value is -1.66. The van der Waals surface area contributed by atoms with E-state index < -0.39 is 23.1 Å². The zero-order valence-corrected chi connectivity index (χ0v) is 15.4. The topological polar surface area (TPSA) is 62.7 Å². The van der Waals surface area contributed by atoms with Gasteiger partial charge in [-0.1, -0.05) is 18.2 Å². The molecule has 1 aliphatic carbocycles. The minimum atomic E-state index is -1.51. The molecule has 1 amide bonds. The van der Waals surface area contributed by atoms with Crippen LogP contribution >= 0.6 is 11.6 Å². The Balaban J connectivity index is 1.80. The van der Waals surface area contributed by atoms with Gasteiger partial charge in [-0.2, -0.15) is 0 Å². The van der Waals surface area contributed by atoms with Crippen molar-refractivity contribution in [2.45, 2.75) is 44.8 Å². The van der Waals surface area contributed by atoms with Crippen molar-refractivity contribution in [3.8, 4) is 0 Å². The molecule has 2 fully saturated rings. The number of carbonyl (C=O) groups is 1. The van der Waals surface area contributed by atoms with Gasteiger partial charge >= 0.3 is 6.09 Å². The van der Waals surface area contributed by atoms with Gasteiger partial charge in [0.05, 0.1) is 18.8 Å². The van der Waals surface area contributed by atoms with Gasteiger partial charge in [-0.05, 0) is 51.2 Å². The number of halogens is 2. The van der Waals surface area contributed by atoms with Gasteiger partial charge < -0.3 is 14.7 Å². The molecule has 136 valence electrons. The third-order valence-corrected chi connectivity index (χ3v) is 4.62. The maximum atomic E-state index is 14.5. The second-order valence-corrected chi connectivity index (χ2v) is 8.19. The highest BCUT2D eigenvalue weighted by atomic mass is 35.5. The van der Waals surface area contributed by atoms with Gasteiger partial charge in [-0.15, -0.1) is 0 Å². The Morgan fingerprint density at radius 2 is 2.08 bits per heavy atom. The molecule has 5 nitrogen and oxygen atoms in total. The summed E-state index contributed by atoms with van der Waals surface area (Å²) in [7, 11) is 0. The van der Waals surface area contributed by atoms with Crippen LogP contribution in [0.3, 0.4) is 0 Å². The first-order valence-corrected chi connectivity index (χ1v) is 8.64. The first kappa shape index (κ1) is 18.1. The van der Waals surface area contributed by atoms with Gasteiger partial charge in [-0.3, -0.25) is 0 Å². The fourth-order valence-electron chi connectivity index (χ4n) is 2.85. The number of likely N-dealkylation sites (tertiary alicyclic amines) is 1. The number of hydrogen-bond acceptors (Lipinski definition) is 4. The van der Waals surface area contributed by atoms with E-state index in [0.717, 1.165) is 18.4 Å². The van der Waals surface area contributed by atoms with E-state index in [1.54, 1.807) is 20.8 Å². The molecule has 1 N–H and O–H groups in total. The Labute approximate surface area is 151 Å². The molecule has 7 heteroatoms. The van der Waals surface area contributed by atoms with E-state index in [0.29, 0.717) is 11.6 Å². The molecule has 0 atom stereocenters. The lowest BCUT2D eigenvalue weighted by Gasteiger charge is -2.46. The lowest BCUT2D eigenvalue weighted by Crippen LogP contribution is -2.62. The molecule has 0 bridgehead atoms. The lowest BCUT2D eigenvalue weighted by atomic mass is 9.85. The number of ether oxygens (including phenoxy) is 1. The minimum absolute atomic E-state index is 0.0455. The Morgan fingerprint density at radius 3 is 2.60 bits per heavy atom. The largest absolute Gasteiger partial charge is 0.444 e. The summed E-state index contributed by atoms with van der Waals surface area (Å²) in [4.78, 5) is 17.4. The standard InChI is InChI=1S/C18H22ClFN2O3/c1-10(11-5-6-11)13-7-12(14(20)15(19)21-13)18(24)8-22(9-18)16(23)25-17(2,3)4/h7,11,24H,1,5-6,8-9H2,2-4H3. The first-order chi connectivity index (χ1) is 11.5. The summed E-state index contributed by atoms with van der Waals surface area (Å²) >= 11 is 5.92. The fourth-order valence-corrected chi connectivity index (χ4v) is 3.05. The molecule has 0 unspecified atom stereocenters. The van der Waals surface area contributed by atoms with Crippen molar-refractivity contribution in [1.82, 2.24) is 9.88 Å². The molecule has 1 saturated carbocycles. The monoisotopic (exact) mass is 368 g/mol. The number of rotatable bonds is 3. The van der Waals surface area contributed by atoms with Gasteiger partial charge in [0, 0.05) is 5.56 Å². The summed E-state index contributed by atoms with van der Waals surface area (Å²) in [5.41, 5.74) is -0.802. The normalized spacial score (nSPS) is 19.4. The number of allylic oxidation sites excluding steroid dienone is 1. The van der Waals surface area contributed by atoms with Crippen molar-refractivity contribution >= 4 is 23.3 Å². The number of pyridine rings is 1. The summed E-state index contributed by atoms with van der Waals surface area (Å²) in [6, 6.07) is 1.49. The molecular formula is C18H22ClFN2O3. The van der Waals surface area contributed by atoms with Crippen LogP contribution in [0.4, 0.5) is 9.18 Å². The Bertz CT molecular complexity index is 735. The summed E-state index contributed by atoms with van der Waals surface area (Å²) in [5.74, 6) is -0.420. The molecular weight excluding hydrogens is 347 g/mol. The highest BCUT2D eigenvalue weighted by Gasteiger charge is 2.48. The number of β-amino-alcohol motifs (C(OH)–C–C–N with tert-alkyl or cyclic N) is 1. The van der Waals surface area contributed by atoms with Gasteiger partial charge in [-0.25, -0.2) is 14.2 Å². The van der Waals surface area contributed by atoms with Crippen molar-refractivity contribution in [2.75, 3.05) is 13.1 Å². The molecule has 2 aliphatic rings. The predicted molar refractivity (Wildman–Crippen MR) is 92.7 cm³/mol. The van der Waals surface area contributed by atoms with Crippen LogP contribution in [0.2, 0.25) is 5.15 Å². The molecule has 1 aromatic rings. The van der Waals surface area contributed by atoms with Crippen molar-refractivity contribution in [3.63, 3.8) is 0 Å². The Kier molecular flexibility index (Phi) is 4.32. The highest BCUT2D eigenvalue weighted by molar-refractivity contribution is 6.29. The second kappa shape index (κ2) is 5.95. The SMILES string of the molecule is C=C(c1cc(C2(O)CN(C(=O)OC(C)(C)C)C2)c(F)c(Cl)n1)C1CC1. The van der Waals surface area contributed by atoms with Crippen molar-refractivity contribution < 1.29 is 19.0 Å². The predicted octanol–water partition coefficient (Wildman–Crippen LogP) is 3.74. The van der Waals surface area contributed by atoms with Gasteiger partial charge in [0.2, 0.25) is 0 Å². The highest BCUT2D eigenvalue weighted by Crippen LogP contribution is 2.42. The van der Waals surface area contributed by atoms with E-state index in [1.165, 1.54) is 11.0 Å². The van der Waals surface area contributed by atoms with Crippen LogP contribution in [-0.4, -0.2) is 39.8 Å². The van der Waals surface area contributed by atoms with Crippen LogP contribution in [0, 0.1) is 11.7 Å². The number of aliphatic hydroxyl groups is 1. The van der Waals surface area contributed by atoms with Gasteiger partial charge in [0.25, 0.3) is 0 Å². The quantitative estimate of drug-likeness (QED) is 0.825. The molecule has 1 aliphatic heterocycles. The second-order valence-electron chi connectivity index (χ2n) is 7.83. The minimum Gasteiger partial charge on any atom is -0.444 e. The van der Waals surface area contributed by atoms with Crippen LogP contribution in [0.15, 0.2) is 12.6 Å². The maximum absolute atomic E-state index is 14.5. The number of nitrogens with zero attached hydrogens (tertiary/aromatic N) is 2. The maximum Gasteiger partial charge on any atom is 0.410 e. The number of aromatic nitrogens is 1. The number of carbonyl (C=O) groups excluding carboxylic acids is 1. The molecule has 1 aromatic heterocycles.